The third kappa shape index (κ3) is 6.27. The van der Waals surface area contributed by atoms with Crippen LogP contribution in [0.3, 0.4) is 0 Å². The Bertz CT molecular complexity index is 1170. The summed E-state index contributed by atoms with van der Waals surface area (Å²) in [6, 6.07) is 18.7. The van der Waals surface area contributed by atoms with Gasteiger partial charge in [-0.25, -0.2) is 4.98 Å². The third-order valence-corrected chi connectivity index (χ3v) is 7.34. The molecule has 2 heterocycles. The number of rotatable bonds is 8. The average Bonchev–Trinajstić information content (AvgIpc) is 3.37. The van der Waals surface area contributed by atoms with Crippen LogP contribution in [0.4, 0.5) is 5.13 Å². The number of hydrogen-bond donors (Lipinski definition) is 1. The molecule has 0 bridgehead atoms. The first-order chi connectivity index (χ1) is 16.9. The van der Waals surface area contributed by atoms with E-state index in [1.54, 1.807) is 11.3 Å². The van der Waals surface area contributed by atoms with Gasteiger partial charge in [-0.3, -0.25) is 4.79 Å². The van der Waals surface area contributed by atoms with E-state index in [4.69, 9.17) is 10.2 Å². The lowest BCUT2D eigenvalue weighted by molar-refractivity contribution is -0.122. The number of carbonyl (C=O) groups excluding carboxylic acids is 1. The van der Waals surface area contributed by atoms with Crippen LogP contribution in [0.1, 0.15) is 31.7 Å². The normalized spacial score (nSPS) is 15.1. The molecule has 1 amide bonds. The van der Waals surface area contributed by atoms with Crippen LogP contribution in [0.5, 0.6) is 0 Å². The van der Waals surface area contributed by atoms with Gasteiger partial charge >= 0.3 is 0 Å². The molecule has 0 spiro atoms. The van der Waals surface area contributed by atoms with Gasteiger partial charge in [-0.2, -0.15) is 5.26 Å². The fourth-order valence-corrected chi connectivity index (χ4v) is 5.31. The second-order valence-electron chi connectivity index (χ2n) is 9.57. The number of aromatic nitrogens is 1. The highest BCUT2D eigenvalue weighted by molar-refractivity contribution is 7.14. The highest BCUT2D eigenvalue weighted by Gasteiger charge is 2.22. The summed E-state index contributed by atoms with van der Waals surface area (Å²) in [6.07, 6.45) is 0.735. The van der Waals surface area contributed by atoms with Gasteiger partial charge in [0.05, 0.1) is 17.7 Å². The van der Waals surface area contributed by atoms with Crippen molar-refractivity contribution in [1.29, 1.82) is 5.26 Å². The van der Waals surface area contributed by atoms with Crippen molar-refractivity contribution in [2.75, 3.05) is 44.7 Å². The Labute approximate surface area is 212 Å². The molecule has 2 aromatic carbocycles. The summed E-state index contributed by atoms with van der Waals surface area (Å²) in [6.45, 7) is 8.43. The first-order valence-corrected chi connectivity index (χ1v) is 13.1. The standard InChI is InChI=1S/C28H33N5OS/c1-20(2)17-25(27(34)30-12-11-29)24-6-4-5-23(18-24)21-7-9-22(10-8-21)26-19-35-28(31-26)33-15-13-32(3)14-16-33/h4-10,18-20,25H,12-17H2,1-3H3,(H,30,34). The van der Waals surface area contributed by atoms with Crippen molar-refractivity contribution < 1.29 is 4.79 Å². The zero-order valence-electron chi connectivity index (χ0n) is 20.7. The van der Waals surface area contributed by atoms with E-state index < -0.39 is 0 Å². The van der Waals surface area contributed by atoms with Crippen molar-refractivity contribution in [3.63, 3.8) is 0 Å². The maximum absolute atomic E-state index is 12.7. The molecule has 4 rings (SSSR count). The highest BCUT2D eigenvalue weighted by atomic mass is 32.1. The van der Waals surface area contributed by atoms with Crippen molar-refractivity contribution in [1.82, 2.24) is 15.2 Å². The highest BCUT2D eigenvalue weighted by Crippen LogP contribution is 2.32. The van der Waals surface area contributed by atoms with E-state index in [1.807, 2.05) is 18.2 Å². The largest absolute Gasteiger partial charge is 0.346 e. The van der Waals surface area contributed by atoms with Crippen molar-refractivity contribution in [3.05, 3.63) is 59.5 Å². The molecule has 1 aliphatic rings. The molecule has 3 aromatic rings. The van der Waals surface area contributed by atoms with Crippen LogP contribution in [0.2, 0.25) is 0 Å². The Morgan fingerprint density at radius 1 is 1.09 bits per heavy atom. The quantitative estimate of drug-likeness (QED) is 0.453. The molecule has 182 valence electrons. The van der Waals surface area contributed by atoms with E-state index in [0.717, 1.165) is 65.7 Å². The Kier molecular flexibility index (Phi) is 8.17. The summed E-state index contributed by atoms with van der Waals surface area (Å²) in [5.74, 6) is 0.00244. The van der Waals surface area contributed by atoms with Crippen LogP contribution in [0, 0.1) is 17.2 Å². The molecule has 0 aliphatic carbocycles. The smallest absolute Gasteiger partial charge is 0.228 e. The van der Waals surface area contributed by atoms with E-state index in [9.17, 15) is 4.79 Å². The first-order valence-electron chi connectivity index (χ1n) is 12.2. The van der Waals surface area contributed by atoms with Gasteiger partial charge in [-0.05, 0) is 36.1 Å². The van der Waals surface area contributed by atoms with Gasteiger partial charge in [0.1, 0.15) is 6.54 Å². The van der Waals surface area contributed by atoms with Crippen molar-refractivity contribution in [3.8, 4) is 28.5 Å². The second kappa shape index (κ2) is 11.5. The molecule has 1 aromatic heterocycles. The number of carbonyl (C=O) groups is 1. The van der Waals surface area contributed by atoms with Gasteiger partial charge in [0.15, 0.2) is 5.13 Å². The fourth-order valence-electron chi connectivity index (χ4n) is 4.42. The third-order valence-electron chi connectivity index (χ3n) is 6.43. The van der Waals surface area contributed by atoms with Crippen molar-refractivity contribution in [2.45, 2.75) is 26.2 Å². The van der Waals surface area contributed by atoms with Crippen molar-refractivity contribution in [2.24, 2.45) is 5.92 Å². The minimum atomic E-state index is -0.273. The van der Waals surface area contributed by atoms with Crippen LogP contribution >= 0.6 is 11.3 Å². The van der Waals surface area contributed by atoms with Gasteiger partial charge < -0.3 is 15.1 Å². The number of piperazine rings is 1. The zero-order valence-corrected chi connectivity index (χ0v) is 21.5. The first kappa shape index (κ1) is 24.9. The van der Waals surface area contributed by atoms with Gasteiger partial charge in [0.25, 0.3) is 0 Å². The fraction of sp³-hybridized carbons (Fsp3) is 0.393. The van der Waals surface area contributed by atoms with Crippen LogP contribution < -0.4 is 10.2 Å². The molecule has 0 radical (unpaired) electrons. The Hall–Kier alpha value is -3.21. The van der Waals surface area contributed by atoms with Crippen molar-refractivity contribution >= 4 is 22.4 Å². The lowest BCUT2D eigenvalue weighted by Gasteiger charge is -2.32. The minimum absolute atomic E-state index is 0.0295. The predicted octanol–water partition coefficient (Wildman–Crippen LogP) is 5.00. The lowest BCUT2D eigenvalue weighted by atomic mass is 9.88. The number of likely N-dealkylation sites (N-methyl/N-ethyl adjacent to an activating group) is 1. The number of hydrogen-bond acceptors (Lipinski definition) is 6. The number of nitrogens with zero attached hydrogens (tertiary/aromatic N) is 4. The number of amides is 1. The number of anilines is 1. The average molecular weight is 488 g/mol. The van der Waals surface area contributed by atoms with E-state index in [2.05, 4.69) is 77.8 Å². The molecule has 6 nitrogen and oxygen atoms in total. The molecular weight excluding hydrogens is 454 g/mol. The number of nitrogens with one attached hydrogen (secondary N) is 1. The summed E-state index contributed by atoms with van der Waals surface area (Å²) in [5, 5.41) is 14.8. The van der Waals surface area contributed by atoms with Crippen LogP contribution in [0.15, 0.2) is 53.9 Å². The van der Waals surface area contributed by atoms with Crippen LogP contribution in [0.25, 0.3) is 22.4 Å². The van der Waals surface area contributed by atoms with Gasteiger partial charge in [-0.1, -0.05) is 62.4 Å². The lowest BCUT2D eigenvalue weighted by Crippen LogP contribution is -2.44. The van der Waals surface area contributed by atoms with E-state index >= 15 is 0 Å². The van der Waals surface area contributed by atoms with Gasteiger partial charge in [0, 0.05) is 37.1 Å². The monoisotopic (exact) mass is 487 g/mol. The van der Waals surface area contributed by atoms with Gasteiger partial charge in [-0.15, -0.1) is 11.3 Å². The number of thiazole rings is 1. The predicted molar refractivity (Wildman–Crippen MR) is 144 cm³/mol. The molecule has 1 fully saturated rings. The van der Waals surface area contributed by atoms with Crippen LogP contribution in [-0.4, -0.2) is 55.6 Å². The Morgan fingerprint density at radius 3 is 2.49 bits per heavy atom. The summed E-state index contributed by atoms with van der Waals surface area (Å²) >= 11 is 1.71. The van der Waals surface area contributed by atoms with Gasteiger partial charge in [0.2, 0.25) is 5.91 Å². The zero-order chi connectivity index (χ0) is 24.8. The molecule has 35 heavy (non-hydrogen) atoms. The molecule has 1 unspecified atom stereocenters. The summed E-state index contributed by atoms with van der Waals surface area (Å²) in [5.41, 5.74) is 5.27. The maximum Gasteiger partial charge on any atom is 0.228 e. The topological polar surface area (TPSA) is 72.3 Å². The van der Waals surface area contributed by atoms with E-state index in [-0.39, 0.29) is 18.4 Å². The Balaban J connectivity index is 1.51. The van der Waals surface area contributed by atoms with Crippen LogP contribution in [-0.2, 0) is 4.79 Å². The molecule has 1 saturated heterocycles. The second-order valence-corrected chi connectivity index (χ2v) is 10.4. The van der Waals surface area contributed by atoms with E-state index in [0.29, 0.717) is 5.92 Å². The molecule has 1 aliphatic heterocycles. The number of benzene rings is 2. The summed E-state index contributed by atoms with van der Waals surface area (Å²) < 4.78 is 0. The maximum atomic E-state index is 12.7. The summed E-state index contributed by atoms with van der Waals surface area (Å²) in [7, 11) is 2.16. The molecule has 7 heteroatoms. The summed E-state index contributed by atoms with van der Waals surface area (Å²) in [4.78, 5) is 22.4. The molecule has 0 saturated carbocycles. The SMILES string of the molecule is CC(C)CC(C(=O)NCC#N)c1cccc(-c2ccc(-c3csc(N4CCN(C)CC4)n3)cc2)c1. The Morgan fingerprint density at radius 2 is 1.80 bits per heavy atom. The minimum Gasteiger partial charge on any atom is -0.346 e. The number of nitriles is 1. The molecular formula is C28H33N5OS. The van der Waals surface area contributed by atoms with E-state index in [1.165, 1.54) is 0 Å². The molecule has 1 atom stereocenters. The molecule has 1 N–H and O–H groups in total.